The molecule has 0 aliphatic rings. The predicted molar refractivity (Wildman–Crippen MR) is 216 cm³/mol. The highest BCUT2D eigenvalue weighted by molar-refractivity contribution is 6.08. The van der Waals surface area contributed by atoms with E-state index in [1.54, 1.807) is 18.2 Å². The van der Waals surface area contributed by atoms with Crippen LogP contribution in [0.5, 0.6) is 0 Å². The van der Waals surface area contributed by atoms with E-state index in [0.29, 0.717) is 22.1 Å². The van der Waals surface area contributed by atoms with Gasteiger partial charge in [0, 0.05) is 10.8 Å². The molecule has 1 heterocycles. The van der Waals surface area contributed by atoms with Crippen molar-refractivity contribution in [2.45, 2.75) is 12.8 Å². The molecule has 10 aromatic rings. The van der Waals surface area contributed by atoms with Crippen LogP contribution >= 0.6 is 0 Å². The minimum Gasteiger partial charge on any atom is -0.456 e. The molecule has 0 bridgehead atoms. The van der Waals surface area contributed by atoms with Crippen LogP contribution in [0.3, 0.4) is 0 Å². The first kappa shape index (κ1) is 16.1. The average Bonchev–Trinajstić information content (AvgIpc) is 3.72. The number of fused-ring (bicyclic) bond motifs is 6. The molecular formula is C50H34O. The molecule has 0 fully saturated rings. The van der Waals surface area contributed by atoms with Gasteiger partial charge >= 0.3 is 0 Å². The minimum atomic E-state index is -0.748. The average molecular weight is 670 g/mol. The van der Waals surface area contributed by atoms with Crippen LogP contribution in [0.4, 0.5) is 0 Å². The Labute approximate surface area is 323 Å². The molecule has 0 N–H and O–H groups in total. The second kappa shape index (κ2) is 12.2. The van der Waals surface area contributed by atoms with E-state index in [0.717, 1.165) is 16.5 Å². The molecule has 0 saturated carbocycles. The van der Waals surface area contributed by atoms with Crippen molar-refractivity contribution in [1.82, 2.24) is 0 Å². The van der Waals surface area contributed by atoms with Crippen LogP contribution in [0.1, 0.15) is 48.3 Å². The molecular weight excluding hydrogens is 617 g/mol. The van der Waals surface area contributed by atoms with Crippen molar-refractivity contribution in [2.24, 2.45) is 0 Å². The number of benzene rings is 9. The highest BCUT2D eigenvalue weighted by Crippen LogP contribution is 2.38. The van der Waals surface area contributed by atoms with Gasteiger partial charge in [0.15, 0.2) is 0 Å². The Kier molecular flexibility index (Phi) is 3.83. The van der Waals surface area contributed by atoms with Gasteiger partial charge in [-0.25, -0.2) is 0 Å². The molecule has 240 valence electrons. The summed E-state index contributed by atoms with van der Waals surface area (Å²) in [6, 6.07) is 8.31. The van der Waals surface area contributed by atoms with Crippen LogP contribution in [-0.2, 0) is 12.8 Å². The van der Waals surface area contributed by atoms with Crippen LogP contribution in [0.15, 0.2) is 186 Å². The van der Waals surface area contributed by atoms with E-state index < -0.39 is 128 Å². The lowest BCUT2D eigenvalue weighted by molar-refractivity contribution is 0.669. The summed E-state index contributed by atoms with van der Waals surface area (Å²) in [5.74, 6) is 0. The summed E-state index contributed by atoms with van der Waals surface area (Å²) >= 11 is 0. The fraction of sp³-hybridized carbons (Fsp3) is 0.0400. The van der Waals surface area contributed by atoms with Crippen molar-refractivity contribution in [3.05, 3.63) is 204 Å². The Morgan fingerprint density at radius 3 is 1.73 bits per heavy atom. The van der Waals surface area contributed by atoms with Crippen molar-refractivity contribution < 1.29 is 30.5 Å². The van der Waals surface area contributed by atoms with Crippen molar-refractivity contribution in [2.75, 3.05) is 0 Å². The predicted octanol–water partition coefficient (Wildman–Crippen LogP) is 13.6. The molecule has 0 saturated heterocycles. The summed E-state index contributed by atoms with van der Waals surface area (Å²) in [5, 5.41) is -0.400. The summed E-state index contributed by atoms with van der Waals surface area (Å²) in [7, 11) is 0. The maximum Gasteiger partial charge on any atom is 0.136 e. The van der Waals surface area contributed by atoms with Crippen LogP contribution < -0.4 is 0 Å². The van der Waals surface area contributed by atoms with E-state index in [-0.39, 0.29) is 60.1 Å². The van der Waals surface area contributed by atoms with Gasteiger partial charge in [-0.3, -0.25) is 0 Å². The SMILES string of the molecule is [2H]c1c([2H])c([2H])c(Cc2c3c([2H])c([2H])c([2H])c([2H])c3c(Cc3c([2H])c([2H])c4c([2H])c(-c5ccc6oc7cc(-c8ccccc8)ccc7c6c5)c([2H])c([2H])c4c3[2H])c3c([2H])c([2H])c([2H])c([2H])c23)c([2H])c1[2H]. The third kappa shape index (κ3) is 5.26. The summed E-state index contributed by atoms with van der Waals surface area (Å²) in [5.41, 5.74) is 2.34. The van der Waals surface area contributed by atoms with E-state index in [2.05, 4.69) is 0 Å². The van der Waals surface area contributed by atoms with E-state index >= 15 is 0 Å². The Morgan fingerprint density at radius 2 is 1.00 bits per heavy atom. The van der Waals surface area contributed by atoms with Crippen molar-refractivity contribution in [1.29, 1.82) is 0 Å². The monoisotopic (exact) mass is 669 g/mol. The van der Waals surface area contributed by atoms with Crippen LogP contribution in [0.25, 0.3) is 76.5 Å². The lowest BCUT2D eigenvalue weighted by Gasteiger charge is -2.17. The second-order valence-electron chi connectivity index (χ2n) is 12.2. The van der Waals surface area contributed by atoms with Crippen LogP contribution in [0.2, 0.25) is 0 Å². The Morgan fingerprint density at radius 1 is 0.392 bits per heavy atom. The molecule has 1 heteroatoms. The van der Waals surface area contributed by atoms with Gasteiger partial charge in [0.25, 0.3) is 0 Å². The lowest BCUT2D eigenvalue weighted by Crippen LogP contribution is -1.98. The first-order valence-corrected chi connectivity index (χ1v) is 16.2. The third-order valence-corrected chi connectivity index (χ3v) is 9.13. The van der Waals surface area contributed by atoms with E-state index in [4.69, 9.17) is 16.8 Å². The van der Waals surface area contributed by atoms with Gasteiger partial charge in [0.1, 0.15) is 11.2 Å². The molecule has 0 spiro atoms. The molecule has 9 aromatic carbocycles. The van der Waals surface area contributed by atoms with E-state index in [1.165, 1.54) is 0 Å². The lowest BCUT2D eigenvalue weighted by atomic mass is 9.86. The largest absolute Gasteiger partial charge is 0.456 e. The number of furan rings is 1. The quantitative estimate of drug-likeness (QED) is 0.161. The first-order valence-electron chi connectivity index (χ1n) is 25.7. The summed E-state index contributed by atoms with van der Waals surface area (Å²) < 4.78 is 176. The smallest absolute Gasteiger partial charge is 0.136 e. The van der Waals surface area contributed by atoms with Gasteiger partial charge in [0.2, 0.25) is 0 Å². The number of hydrogen-bond donors (Lipinski definition) is 0. The molecule has 10 rings (SSSR count). The fourth-order valence-corrected chi connectivity index (χ4v) is 6.74. The molecule has 0 atom stereocenters. The summed E-state index contributed by atoms with van der Waals surface area (Å²) in [4.78, 5) is 0. The fourth-order valence-electron chi connectivity index (χ4n) is 6.74. The van der Waals surface area contributed by atoms with Gasteiger partial charge in [-0.1, -0.05) is 151 Å². The highest BCUT2D eigenvalue weighted by Gasteiger charge is 2.15. The van der Waals surface area contributed by atoms with Gasteiger partial charge in [0.05, 0.1) is 26.0 Å². The number of rotatable bonds is 6. The van der Waals surface area contributed by atoms with Crippen molar-refractivity contribution in [3.8, 4) is 22.3 Å². The molecule has 1 aromatic heterocycles. The zero-order chi connectivity index (χ0) is 50.3. The standard InChI is InChI=1S/C50H34O/c1-3-11-33(12-4-1)28-46-41-15-7-9-17-43(41)47(44-18-10-8-16-42(44)46)29-34-19-20-37-30-38(22-21-36(37)27-34)39-24-26-49-48(31-39)45-25-23-40(32-50(45)51-49)35-13-5-2-6-14-35/h1-27,30-32H,28-29H2/i1D,3D,4D,7D,8D,9D,10D,11D,12D,15D,16D,17D,18D,19D,20D,21D,22D,27D,30D. The van der Waals surface area contributed by atoms with Gasteiger partial charge in [-0.2, -0.15) is 0 Å². The van der Waals surface area contributed by atoms with Crippen molar-refractivity contribution in [3.63, 3.8) is 0 Å². The molecule has 0 aliphatic carbocycles. The summed E-state index contributed by atoms with van der Waals surface area (Å²) in [6.45, 7) is 0. The minimum absolute atomic E-state index is 0.0339. The third-order valence-electron chi connectivity index (χ3n) is 9.13. The molecule has 51 heavy (non-hydrogen) atoms. The van der Waals surface area contributed by atoms with Gasteiger partial charge in [-0.15, -0.1) is 0 Å². The van der Waals surface area contributed by atoms with Gasteiger partial charge < -0.3 is 4.42 Å². The Bertz CT molecular complexity index is 3880. The highest BCUT2D eigenvalue weighted by atomic mass is 16.3. The topological polar surface area (TPSA) is 13.1 Å². The van der Waals surface area contributed by atoms with Crippen LogP contribution in [0, 0.1) is 0 Å². The van der Waals surface area contributed by atoms with E-state index in [1.807, 2.05) is 48.5 Å². The maximum absolute atomic E-state index is 9.55. The molecule has 1 nitrogen and oxygen atoms in total. The maximum atomic E-state index is 9.55. The summed E-state index contributed by atoms with van der Waals surface area (Å²) in [6.07, 6.45) is -1.32. The second-order valence-corrected chi connectivity index (χ2v) is 12.2. The van der Waals surface area contributed by atoms with Crippen molar-refractivity contribution >= 4 is 54.3 Å². The zero-order valence-electron chi connectivity index (χ0n) is 45.7. The molecule has 0 unspecified atom stereocenters. The first-order chi connectivity index (χ1) is 33.2. The van der Waals surface area contributed by atoms with E-state index in [9.17, 15) is 13.7 Å². The molecule has 0 radical (unpaired) electrons. The number of hydrogen-bond acceptors (Lipinski definition) is 1. The normalized spacial score (nSPS) is 16.9. The van der Waals surface area contributed by atoms with Gasteiger partial charge in [-0.05, 0) is 120 Å². The zero-order valence-corrected chi connectivity index (χ0v) is 26.7. The van der Waals surface area contributed by atoms with Crippen LogP contribution in [-0.4, -0.2) is 0 Å². The molecule has 0 amide bonds. The molecule has 0 aliphatic heterocycles. The Hall–Kier alpha value is -6.44. The Balaban J connectivity index is 1.21.